The Morgan fingerprint density at radius 3 is 2.71 bits per heavy atom. The highest BCUT2D eigenvalue weighted by Gasteiger charge is 2.21. The summed E-state index contributed by atoms with van der Waals surface area (Å²) in [6.45, 7) is 8.18. The van der Waals surface area contributed by atoms with Crippen molar-refractivity contribution < 1.29 is 14.3 Å². The number of ether oxygens (including phenoxy) is 2. The number of carbonyl (C=O) groups is 1. The van der Waals surface area contributed by atoms with E-state index in [1.165, 1.54) is 17.7 Å². The van der Waals surface area contributed by atoms with E-state index in [-0.39, 0.29) is 11.9 Å². The summed E-state index contributed by atoms with van der Waals surface area (Å²) in [5.74, 6) is 1.14. The van der Waals surface area contributed by atoms with Crippen LogP contribution in [-0.2, 0) is 4.74 Å². The topological polar surface area (TPSA) is 73.3 Å². The number of benzene rings is 1. The molecule has 3 rings (SSSR count). The minimum atomic E-state index is -0.333. The van der Waals surface area contributed by atoms with Crippen LogP contribution in [0.25, 0.3) is 10.2 Å². The Labute approximate surface area is 172 Å². The second kappa shape index (κ2) is 8.32. The summed E-state index contributed by atoms with van der Waals surface area (Å²) in [5, 5.41) is 4.71. The Bertz CT molecular complexity index is 1030. The minimum Gasteiger partial charge on any atom is -0.495 e. The molecule has 8 heteroatoms. The number of halogens is 1. The zero-order valence-corrected chi connectivity index (χ0v) is 18.0. The number of nitrogens with one attached hydrogen (secondary N) is 1. The average molecular weight is 420 g/mol. The van der Waals surface area contributed by atoms with E-state index < -0.39 is 0 Å². The van der Waals surface area contributed by atoms with Crippen molar-refractivity contribution in [3.05, 3.63) is 39.5 Å². The predicted octanol–water partition coefficient (Wildman–Crippen LogP) is 5.53. The van der Waals surface area contributed by atoms with Gasteiger partial charge < -0.3 is 14.8 Å². The highest BCUT2D eigenvalue weighted by atomic mass is 35.5. The number of nitrogens with zero attached hydrogens (tertiary/aromatic N) is 2. The van der Waals surface area contributed by atoms with E-state index in [1.807, 2.05) is 33.8 Å². The number of rotatable bonds is 6. The average Bonchev–Trinajstić information content (AvgIpc) is 3.00. The molecule has 0 amide bonds. The lowest BCUT2D eigenvalue weighted by atomic mass is 10.1. The van der Waals surface area contributed by atoms with Crippen LogP contribution in [0.5, 0.6) is 5.75 Å². The number of hydrogen-bond donors (Lipinski definition) is 1. The van der Waals surface area contributed by atoms with Gasteiger partial charge in [0.2, 0.25) is 0 Å². The van der Waals surface area contributed by atoms with Crippen molar-refractivity contribution in [2.75, 3.05) is 19.0 Å². The maximum atomic E-state index is 12.5. The van der Waals surface area contributed by atoms with Crippen LogP contribution in [-0.4, -0.2) is 29.7 Å². The third-order valence-corrected chi connectivity index (χ3v) is 5.78. The molecule has 28 heavy (non-hydrogen) atoms. The number of aryl methyl sites for hydroxylation is 2. The number of anilines is 2. The summed E-state index contributed by atoms with van der Waals surface area (Å²) in [6.07, 6.45) is 1.47. The second-order valence-electron chi connectivity index (χ2n) is 6.88. The molecule has 6 nitrogen and oxygen atoms in total. The molecule has 0 saturated carbocycles. The molecule has 148 valence electrons. The number of esters is 1. The molecule has 2 aromatic heterocycles. The van der Waals surface area contributed by atoms with Crippen molar-refractivity contribution in [2.45, 2.75) is 27.7 Å². The first-order valence-electron chi connectivity index (χ1n) is 8.84. The van der Waals surface area contributed by atoms with E-state index in [4.69, 9.17) is 21.1 Å². The summed E-state index contributed by atoms with van der Waals surface area (Å²) in [7, 11) is 1.58. The molecular formula is C20H22ClN3O3S. The number of fused-ring (bicyclic) bond motifs is 1. The van der Waals surface area contributed by atoms with E-state index in [1.54, 1.807) is 13.2 Å². The maximum Gasteiger partial charge on any atom is 0.348 e. The molecule has 0 atom stereocenters. The van der Waals surface area contributed by atoms with Crippen molar-refractivity contribution >= 4 is 50.6 Å². The summed E-state index contributed by atoms with van der Waals surface area (Å²) in [5.41, 5.74) is 2.44. The smallest absolute Gasteiger partial charge is 0.348 e. The standard InChI is InChI=1S/C20H22ClN3O3S/c1-10(2)8-27-20(25)17-12(4)16-18(22-9-23-19(16)28-17)24-14-6-11(3)13(21)7-15(14)26-5/h6-7,9-10H,8H2,1-5H3,(H,22,23,24). The Balaban J connectivity index is 2.02. The van der Waals surface area contributed by atoms with Gasteiger partial charge in [-0.2, -0.15) is 0 Å². The molecule has 1 aromatic carbocycles. The summed E-state index contributed by atoms with van der Waals surface area (Å²) in [4.78, 5) is 22.4. The largest absolute Gasteiger partial charge is 0.495 e. The summed E-state index contributed by atoms with van der Waals surface area (Å²) in [6, 6.07) is 3.65. The molecule has 0 aliphatic carbocycles. The van der Waals surface area contributed by atoms with Crippen LogP contribution in [0.4, 0.5) is 11.5 Å². The molecule has 0 aliphatic heterocycles. The van der Waals surface area contributed by atoms with Crippen molar-refractivity contribution in [3.63, 3.8) is 0 Å². The molecule has 0 bridgehead atoms. The lowest BCUT2D eigenvalue weighted by molar-refractivity contribution is 0.0464. The molecule has 3 aromatic rings. The first-order chi connectivity index (χ1) is 13.3. The quantitative estimate of drug-likeness (QED) is 0.530. The summed E-state index contributed by atoms with van der Waals surface area (Å²) < 4.78 is 10.8. The third-order valence-electron chi connectivity index (χ3n) is 4.19. The van der Waals surface area contributed by atoms with Gasteiger partial charge in [-0.15, -0.1) is 11.3 Å². The first-order valence-corrected chi connectivity index (χ1v) is 10.0. The van der Waals surface area contributed by atoms with Gasteiger partial charge in [-0.3, -0.25) is 0 Å². The minimum absolute atomic E-state index is 0.274. The van der Waals surface area contributed by atoms with E-state index in [0.717, 1.165) is 27.0 Å². The number of thiophene rings is 1. The zero-order valence-electron chi connectivity index (χ0n) is 16.4. The SMILES string of the molecule is COc1cc(Cl)c(C)cc1Nc1ncnc2sc(C(=O)OCC(C)C)c(C)c12. The fraction of sp³-hybridized carbons (Fsp3) is 0.350. The maximum absolute atomic E-state index is 12.5. The van der Waals surface area contributed by atoms with Crippen molar-refractivity contribution in [1.29, 1.82) is 0 Å². The highest BCUT2D eigenvalue weighted by Crippen LogP contribution is 2.38. The Hall–Kier alpha value is -2.38. The molecule has 0 aliphatic rings. The Morgan fingerprint density at radius 2 is 2.04 bits per heavy atom. The summed E-state index contributed by atoms with van der Waals surface area (Å²) >= 11 is 7.50. The molecule has 0 spiro atoms. The highest BCUT2D eigenvalue weighted by molar-refractivity contribution is 7.20. The predicted molar refractivity (Wildman–Crippen MR) is 113 cm³/mol. The van der Waals surface area contributed by atoms with Gasteiger partial charge in [0, 0.05) is 11.1 Å². The molecule has 0 radical (unpaired) electrons. The number of aromatic nitrogens is 2. The van der Waals surface area contributed by atoms with E-state index >= 15 is 0 Å². The third kappa shape index (κ3) is 4.05. The molecular weight excluding hydrogens is 398 g/mol. The molecule has 2 heterocycles. The van der Waals surface area contributed by atoms with Crippen LogP contribution < -0.4 is 10.1 Å². The molecule has 0 fully saturated rings. The monoisotopic (exact) mass is 419 g/mol. The zero-order chi connectivity index (χ0) is 20.4. The van der Waals surface area contributed by atoms with Crippen LogP contribution in [0.3, 0.4) is 0 Å². The lowest BCUT2D eigenvalue weighted by Gasteiger charge is -2.13. The van der Waals surface area contributed by atoms with Gasteiger partial charge in [-0.05, 0) is 37.0 Å². The molecule has 0 saturated heterocycles. The van der Waals surface area contributed by atoms with Crippen LogP contribution >= 0.6 is 22.9 Å². The Morgan fingerprint density at radius 1 is 1.29 bits per heavy atom. The van der Waals surface area contributed by atoms with Gasteiger partial charge in [0.05, 0.1) is 24.8 Å². The van der Waals surface area contributed by atoms with E-state index in [9.17, 15) is 4.79 Å². The molecule has 1 N–H and O–H groups in total. The van der Waals surface area contributed by atoms with Crippen molar-refractivity contribution in [1.82, 2.24) is 9.97 Å². The van der Waals surface area contributed by atoms with Crippen molar-refractivity contribution in [3.8, 4) is 5.75 Å². The number of hydrogen-bond acceptors (Lipinski definition) is 7. The fourth-order valence-corrected chi connectivity index (χ4v) is 3.92. The van der Waals surface area contributed by atoms with Gasteiger partial charge in [0.25, 0.3) is 0 Å². The molecule has 0 unspecified atom stereocenters. The van der Waals surface area contributed by atoms with Gasteiger partial charge in [-0.25, -0.2) is 14.8 Å². The van der Waals surface area contributed by atoms with Crippen LogP contribution in [0.1, 0.15) is 34.6 Å². The lowest BCUT2D eigenvalue weighted by Crippen LogP contribution is -2.09. The first kappa shape index (κ1) is 20.4. The Kier molecular flexibility index (Phi) is 6.05. The van der Waals surface area contributed by atoms with Crippen molar-refractivity contribution in [2.24, 2.45) is 5.92 Å². The van der Waals surface area contributed by atoms with Crippen LogP contribution in [0.15, 0.2) is 18.5 Å². The van der Waals surface area contributed by atoms with Gasteiger partial charge in [0.1, 0.15) is 27.6 Å². The van der Waals surface area contributed by atoms with E-state index in [0.29, 0.717) is 28.1 Å². The van der Waals surface area contributed by atoms with Gasteiger partial charge >= 0.3 is 5.97 Å². The van der Waals surface area contributed by atoms with Crippen LogP contribution in [0, 0.1) is 19.8 Å². The van der Waals surface area contributed by atoms with Gasteiger partial charge in [0.15, 0.2) is 0 Å². The second-order valence-corrected chi connectivity index (χ2v) is 8.28. The fourth-order valence-electron chi connectivity index (χ4n) is 2.73. The number of methoxy groups -OCH3 is 1. The van der Waals surface area contributed by atoms with Crippen LogP contribution in [0.2, 0.25) is 5.02 Å². The number of carbonyl (C=O) groups excluding carboxylic acids is 1. The van der Waals surface area contributed by atoms with E-state index in [2.05, 4.69) is 15.3 Å². The normalized spacial score (nSPS) is 11.1. The van der Waals surface area contributed by atoms with Gasteiger partial charge in [-0.1, -0.05) is 25.4 Å².